The number of likely N-dealkylation sites (tertiary alicyclic amines) is 1. The first-order valence-corrected chi connectivity index (χ1v) is 10.8. The van der Waals surface area contributed by atoms with Gasteiger partial charge in [0, 0.05) is 50.3 Å². The van der Waals surface area contributed by atoms with E-state index in [1.165, 1.54) is 17.4 Å². The van der Waals surface area contributed by atoms with Crippen molar-refractivity contribution in [3.8, 4) is 6.07 Å². The van der Waals surface area contributed by atoms with Gasteiger partial charge in [0.25, 0.3) is 5.91 Å². The molecule has 9 heteroatoms. The number of methoxy groups -OCH3 is 1. The zero-order valence-corrected chi connectivity index (χ0v) is 17.8. The minimum absolute atomic E-state index is 0.00259. The number of benzene rings is 1. The van der Waals surface area contributed by atoms with Crippen molar-refractivity contribution in [3.05, 3.63) is 51.7 Å². The molecular formula is C22H22F3N3O2S. The number of halogens is 3. The SMILES string of the molecule is COC[C@@]12CCN(C(=O)c3cccs3)C[C@@H]1CN(c1ccc(C#N)c(C(F)(F)F)c1)C2. The molecule has 3 heterocycles. The Morgan fingerprint density at radius 3 is 2.81 bits per heavy atom. The Kier molecular flexibility index (Phi) is 5.71. The molecule has 0 saturated carbocycles. The van der Waals surface area contributed by atoms with Crippen LogP contribution in [-0.4, -0.2) is 50.7 Å². The number of thiophene rings is 1. The van der Waals surface area contributed by atoms with E-state index in [4.69, 9.17) is 10.00 Å². The average molecular weight is 449 g/mol. The molecule has 1 aromatic carbocycles. The third-order valence-electron chi connectivity index (χ3n) is 6.38. The molecule has 4 rings (SSSR count). The number of amides is 1. The van der Waals surface area contributed by atoms with E-state index in [2.05, 4.69) is 0 Å². The third kappa shape index (κ3) is 4.02. The highest BCUT2D eigenvalue weighted by atomic mass is 32.1. The standard InChI is InChI=1S/C22H22F3N3O2S/c1-30-14-21-6-7-27(20(29)19-3-2-8-31-19)11-16(21)12-28(13-21)17-5-4-15(10-26)18(9-17)22(23,24)25/h2-5,8-9,16H,6-7,11-14H2,1H3/t16-,21+/m1/s1. The van der Waals surface area contributed by atoms with E-state index in [1.54, 1.807) is 25.3 Å². The van der Waals surface area contributed by atoms with Crippen LogP contribution in [-0.2, 0) is 10.9 Å². The van der Waals surface area contributed by atoms with Crippen molar-refractivity contribution in [2.75, 3.05) is 44.8 Å². The average Bonchev–Trinajstić information content (AvgIpc) is 3.40. The maximum Gasteiger partial charge on any atom is 0.417 e. The first-order chi connectivity index (χ1) is 14.8. The van der Waals surface area contributed by atoms with Gasteiger partial charge < -0.3 is 14.5 Å². The van der Waals surface area contributed by atoms with Crippen molar-refractivity contribution < 1.29 is 22.7 Å². The van der Waals surface area contributed by atoms with Gasteiger partial charge in [0.1, 0.15) is 0 Å². The summed E-state index contributed by atoms with van der Waals surface area (Å²) in [6.45, 7) is 2.69. The van der Waals surface area contributed by atoms with Gasteiger partial charge in [0.2, 0.25) is 0 Å². The highest BCUT2D eigenvalue weighted by molar-refractivity contribution is 7.12. The van der Waals surface area contributed by atoms with Crippen LogP contribution in [0.3, 0.4) is 0 Å². The summed E-state index contributed by atoms with van der Waals surface area (Å²) in [5.74, 6) is 0.0762. The number of piperidine rings is 1. The predicted molar refractivity (Wildman–Crippen MR) is 111 cm³/mol. The summed E-state index contributed by atoms with van der Waals surface area (Å²) in [6.07, 6.45) is -3.87. The lowest BCUT2D eigenvalue weighted by molar-refractivity contribution is -0.137. The van der Waals surface area contributed by atoms with Crippen LogP contribution in [0.25, 0.3) is 0 Å². The molecular weight excluding hydrogens is 427 g/mol. The number of rotatable bonds is 4. The Morgan fingerprint density at radius 1 is 1.35 bits per heavy atom. The number of ether oxygens (including phenoxy) is 1. The van der Waals surface area contributed by atoms with E-state index >= 15 is 0 Å². The molecule has 2 saturated heterocycles. The molecule has 5 nitrogen and oxygen atoms in total. The summed E-state index contributed by atoms with van der Waals surface area (Å²) in [5, 5.41) is 10.9. The molecule has 2 aromatic rings. The maximum atomic E-state index is 13.4. The van der Waals surface area contributed by atoms with Crippen molar-refractivity contribution >= 4 is 22.9 Å². The predicted octanol–water partition coefficient (Wildman–Crippen LogP) is 4.25. The van der Waals surface area contributed by atoms with E-state index < -0.39 is 11.7 Å². The largest absolute Gasteiger partial charge is 0.417 e. The minimum atomic E-state index is -4.60. The van der Waals surface area contributed by atoms with Gasteiger partial charge in [0.05, 0.1) is 28.7 Å². The normalized spacial score (nSPS) is 23.5. The molecule has 2 fully saturated rings. The zero-order valence-electron chi connectivity index (χ0n) is 17.0. The van der Waals surface area contributed by atoms with Crippen molar-refractivity contribution in [1.82, 2.24) is 4.90 Å². The molecule has 0 aliphatic carbocycles. The second-order valence-corrected chi connectivity index (χ2v) is 9.14. The molecule has 164 valence electrons. The van der Waals surface area contributed by atoms with E-state index in [-0.39, 0.29) is 22.8 Å². The maximum absolute atomic E-state index is 13.4. The fourth-order valence-electron chi connectivity index (χ4n) is 4.80. The number of anilines is 1. The summed E-state index contributed by atoms with van der Waals surface area (Å²) in [4.78, 5) is 17.3. The van der Waals surface area contributed by atoms with E-state index in [0.29, 0.717) is 43.4 Å². The molecule has 0 N–H and O–H groups in total. The summed E-state index contributed by atoms with van der Waals surface area (Å²) in [6, 6.07) is 9.14. The highest BCUT2D eigenvalue weighted by Crippen LogP contribution is 2.45. The van der Waals surface area contributed by atoms with E-state index in [0.717, 1.165) is 12.5 Å². The van der Waals surface area contributed by atoms with Crippen molar-refractivity contribution in [3.63, 3.8) is 0 Å². The van der Waals surface area contributed by atoms with Crippen LogP contribution in [0.2, 0.25) is 0 Å². The summed E-state index contributed by atoms with van der Waals surface area (Å²) in [7, 11) is 1.63. The molecule has 2 aliphatic heterocycles. The Morgan fingerprint density at radius 2 is 2.16 bits per heavy atom. The van der Waals surface area contributed by atoms with E-state index in [1.807, 2.05) is 21.2 Å². The Labute approximate surface area is 182 Å². The fourth-order valence-corrected chi connectivity index (χ4v) is 5.50. The first kappa shape index (κ1) is 21.7. The number of fused-ring (bicyclic) bond motifs is 1. The lowest BCUT2D eigenvalue weighted by atomic mass is 9.73. The van der Waals surface area contributed by atoms with Crippen LogP contribution in [0, 0.1) is 22.7 Å². The van der Waals surface area contributed by atoms with Crippen molar-refractivity contribution in [2.45, 2.75) is 12.6 Å². The van der Waals surface area contributed by atoms with Gasteiger partial charge in [-0.3, -0.25) is 4.79 Å². The van der Waals surface area contributed by atoms with Crippen LogP contribution >= 0.6 is 11.3 Å². The van der Waals surface area contributed by atoms with Gasteiger partial charge in [-0.2, -0.15) is 18.4 Å². The Balaban J connectivity index is 1.60. The third-order valence-corrected chi connectivity index (χ3v) is 7.24. The number of alkyl halides is 3. The van der Waals surface area contributed by atoms with Crippen molar-refractivity contribution in [1.29, 1.82) is 5.26 Å². The van der Waals surface area contributed by atoms with Gasteiger partial charge >= 0.3 is 6.18 Å². The first-order valence-electron chi connectivity index (χ1n) is 9.95. The minimum Gasteiger partial charge on any atom is -0.384 e. The molecule has 0 spiro atoms. The molecule has 2 aliphatic rings. The van der Waals surface area contributed by atoms with Crippen LogP contribution in [0.4, 0.5) is 18.9 Å². The summed E-state index contributed by atoms with van der Waals surface area (Å²) in [5.41, 5.74) is -1.09. The van der Waals surface area contributed by atoms with Gasteiger partial charge in [-0.15, -0.1) is 11.3 Å². The van der Waals surface area contributed by atoms with Gasteiger partial charge in [-0.25, -0.2) is 0 Å². The second-order valence-electron chi connectivity index (χ2n) is 8.19. The second kappa shape index (κ2) is 8.17. The molecule has 2 atom stereocenters. The quantitative estimate of drug-likeness (QED) is 0.700. The fraction of sp³-hybridized carbons (Fsp3) is 0.455. The van der Waals surface area contributed by atoms with Crippen LogP contribution in [0.5, 0.6) is 0 Å². The van der Waals surface area contributed by atoms with Crippen LogP contribution in [0.15, 0.2) is 35.7 Å². The number of carbonyl (C=O) groups is 1. The van der Waals surface area contributed by atoms with Gasteiger partial charge in [-0.05, 0) is 36.1 Å². The lowest BCUT2D eigenvalue weighted by Crippen LogP contribution is -2.50. The number of hydrogen-bond donors (Lipinski definition) is 0. The highest BCUT2D eigenvalue weighted by Gasteiger charge is 2.50. The molecule has 1 amide bonds. The molecule has 0 unspecified atom stereocenters. The lowest BCUT2D eigenvalue weighted by Gasteiger charge is -2.42. The van der Waals surface area contributed by atoms with Gasteiger partial charge in [0.15, 0.2) is 0 Å². The topological polar surface area (TPSA) is 56.6 Å². The van der Waals surface area contributed by atoms with Crippen LogP contribution in [0.1, 0.15) is 27.2 Å². The molecule has 31 heavy (non-hydrogen) atoms. The number of nitriles is 1. The number of nitrogens with zero attached hydrogens (tertiary/aromatic N) is 3. The molecule has 0 radical (unpaired) electrons. The van der Waals surface area contributed by atoms with Crippen LogP contribution < -0.4 is 4.90 Å². The van der Waals surface area contributed by atoms with Gasteiger partial charge in [-0.1, -0.05) is 6.07 Å². The number of carbonyl (C=O) groups excluding carboxylic acids is 1. The summed E-state index contributed by atoms with van der Waals surface area (Å²) < 4.78 is 45.8. The van der Waals surface area contributed by atoms with Crippen molar-refractivity contribution in [2.24, 2.45) is 11.3 Å². The number of hydrogen-bond acceptors (Lipinski definition) is 5. The van der Waals surface area contributed by atoms with E-state index in [9.17, 15) is 18.0 Å². The Bertz CT molecular complexity index is 1000. The summed E-state index contributed by atoms with van der Waals surface area (Å²) >= 11 is 1.40. The smallest absolute Gasteiger partial charge is 0.384 e. The molecule has 0 bridgehead atoms. The zero-order chi connectivity index (χ0) is 22.2. The molecule has 1 aromatic heterocycles. The monoisotopic (exact) mass is 449 g/mol. The Hall–Kier alpha value is -2.57.